The summed E-state index contributed by atoms with van der Waals surface area (Å²) in [4.78, 5) is 17.0. The molecule has 0 atom stereocenters. The lowest BCUT2D eigenvalue weighted by Crippen LogP contribution is -2.37. The van der Waals surface area contributed by atoms with Crippen molar-refractivity contribution in [2.45, 2.75) is 37.8 Å². The van der Waals surface area contributed by atoms with Crippen LogP contribution < -0.4 is 10.1 Å². The second kappa shape index (κ2) is 10.8. The van der Waals surface area contributed by atoms with Crippen molar-refractivity contribution >= 4 is 15.9 Å². The zero-order valence-electron chi connectivity index (χ0n) is 19.2. The minimum absolute atomic E-state index is 0.222. The van der Waals surface area contributed by atoms with E-state index in [9.17, 15) is 13.2 Å². The summed E-state index contributed by atoms with van der Waals surface area (Å²) in [6, 6.07) is 19.3. The third kappa shape index (κ3) is 6.01. The summed E-state index contributed by atoms with van der Waals surface area (Å²) < 4.78 is 33.0. The average molecular weight is 480 g/mol. The molecule has 1 amide bonds. The Morgan fingerprint density at radius 2 is 1.74 bits per heavy atom. The van der Waals surface area contributed by atoms with Crippen LogP contribution in [0.2, 0.25) is 0 Å². The molecule has 0 spiro atoms. The van der Waals surface area contributed by atoms with E-state index in [-0.39, 0.29) is 10.8 Å². The Hall–Kier alpha value is -3.23. The van der Waals surface area contributed by atoms with E-state index in [1.165, 1.54) is 16.4 Å². The number of carbonyl (C=O) groups is 1. The van der Waals surface area contributed by atoms with Crippen LogP contribution in [0.5, 0.6) is 5.75 Å². The van der Waals surface area contributed by atoms with Crippen molar-refractivity contribution in [2.24, 2.45) is 5.92 Å². The number of hydrogen-bond donors (Lipinski definition) is 1. The topological polar surface area (TPSA) is 88.6 Å². The molecule has 0 radical (unpaired) electrons. The van der Waals surface area contributed by atoms with Gasteiger partial charge in [-0.2, -0.15) is 4.31 Å². The fraction of sp³-hybridized carbons (Fsp3) is 0.308. The first-order valence-corrected chi connectivity index (χ1v) is 12.9. The highest BCUT2D eigenvalue weighted by molar-refractivity contribution is 7.89. The first kappa shape index (κ1) is 23.9. The number of nitrogens with one attached hydrogen (secondary N) is 1. The molecule has 1 fully saturated rings. The van der Waals surface area contributed by atoms with Crippen molar-refractivity contribution in [2.75, 3.05) is 13.1 Å². The van der Waals surface area contributed by atoms with Gasteiger partial charge in [0.05, 0.1) is 10.6 Å². The van der Waals surface area contributed by atoms with E-state index in [0.717, 1.165) is 29.8 Å². The smallest absolute Gasteiger partial charge is 0.251 e. The van der Waals surface area contributed by atoms with E-state index < -0.39 is 10.0 Å². The van der Waals surface area contributed by atoms with Crippen LogP contribution in [0, 0.1) is 5.92 Å². The number of ether oxygens (including phenoxy) is 1. The maximum absolute atomic E-state index is 12.9. The van der Waals surface area contributed by atoms with Crippen molar-refractivity contribution < 1.29 is 17.9 Å². The van der Waals surface area contributed by atoms with Crippen molar-refractivity contribution in [3.8, 4) is 5.75 Å². The Morgan fingerprint density at radius 1 is 1.03 bits per heavy atom. The van der Waals surface area contributed by atoms with Gasteiger partial charge in [0, 0.05) is 31.4 Å². The molecule has 1 aliphatic rings. The standard InChI is InChI=1S/C26H29N3O4S/c1-20-13-16-29(17-14-20)34(31,32)25-11-7-22(8-12-25)26(30)28-18-21-5-9-24(10-6-21)33-19-23-4-2-3-15-27-23/h2-12,15,20H,13-14,16-19H2,1H3,(H,28,30). The molecule has 7 nitrogen and oxygen atoms in total. The van der Waals surface area contributed by atoms with Gasteiger partial charge in [0.25, 0.3) is 5.91 Å². The van der Waals surface area contributed by atoms with Crippen LogP contribution in [0.25, 0.3) is 0 Å². The van der Waals surface area contributed by atoms with Crippen LogP contribution >= 0.6 is 0 Å². The molecule has 0 bridgehead atoms. The summed E-state index contributed by atoms with van der Waals surface area (Å²) in [7, 11) is -3.52. The first-order chi connectivity index (χ1) is 16.4. The predicted molar refractivity (Wildman–Crippen MR) is 130 cm³/mol. The van der Waals surface area contributed by atoms with Gasteiger partial charge in [-0.25, -0.2) is 8.42 Å². The molecule has 4 rings (SSSR count). The molecule has 0 unspecified atom stereocenters. The average Bonchev–Trinajstić information content (AvgIpc) is 2.87. The van der Waals surface area contributed by atoms with E-state index in [1.807, 2.05) is 42.5 Å². The van der Waals surface area contributed by atoms with E-state index >= 15 is 0 Å². The molecule has 1 saturated heterocycles. The number of sulfonamides is 1. The lowest BCUT2D eigenvalue weighted by atomic mass is 10.0. The molecule has 2 heterocycles. The van der Waals surface area contributed by atoms with Crippen molar-refractivity contribution in [1.29, 1.82) is 0 Å². The normalized spacial score (nSPS) is 15.1. The van der Waals surface area contributed by atoms with Gasteiger partial charge in [0.15, 0.2) is 0 Å². The maximum Gasteiger partial charge on any atom is 0.251 e. The quantitative estimate of drug-likeness (QED) is 0.527. The summed E-state index contributed by atoms with van der Waals surface area (Å²) in [5.41, 5.74) is 2.20. The van der Waals surface area contributed by atoms with Crippen LogP contribution in [0.4, 0.5) is 0 Å². The van der Waals surface area contributed by atoms with Gasteiger partial charge in [-0.15, -0.1) is 0 Å². The highest BCUT2D eigenvalue weighted by Gasteiger charge is 2.28. The number of hydrogen-bond acceptors (Lipinski definition) is 5. The van der Waals surface area contributed by atoms with Gasteiger partial charge in [-0.1, -0.05) is 25.1 Å². The molecule has 8 heteroatoms. The van der Waals surface area contributed by atoms with E-state index in [0.29, 0.717) is 37.7 Å². The molecular weight excluding hydrogens is 450 g/mol. The number of pyridine rings is 1. The number of amides is 1. The van der Waals surface area contributed by atoms with Gasteiger partial charge in [-0.05, 0) is 72.9 Å². The predicted octanol–water partition coefficient (Wildman–Crippen LogP) is 4.01. The summed E-state index contributed by atoms with van der Waals surface area (Å²) >= 11 is 0. The minimum atomic E-state index is -3.52. The zero-order chi connectivity index (χ0) is 24.0. The van der Waals surface area contributed by atoms with Crippen molar-refractivity contribution in [3.05, 3.63) is 89.7 Å². The Bertz CT molecular complexity index is 1190. The molecule has 0 saturated carbocycles. The van der Waals surface area contributed by atoms with Gasteiger partial charge in [0.1, 0.15) is 12.4 Å². The molecule has 0 aliphatic carbocycles. The molecule has 34 heavy (non-hydrogen) atoms. The fourth-order valence-electron chi connectivity index (χ4n) is 3.78. The Balaban J connectivity index is 1.29. The number of benzene rings is 2. The zero-order valence-corrected chi connectivity index (χ0v) is 20.0. The second-order valence-electron chi connectivity index (χ2n) is 8.55. The van der Waals surface area contributed by atoms with Crippen LogP contribution in [0.15, 0.2) is 77.8 Å². The van der Waals surface area contributed by atoms with Gasteiger partial charge in [-0.3, -0.25) is 9.78 Å². The lowest BCUT2D eigenvalue weighted by Gasteiger charge is -2.29. The molecule has 1 aliphatic heterocycles. The molecule has 3 aromatic rings. The molecular formula is C26H29N3O4S. The van der Waals surface area contributed by atoms with E-state index in [2.05, 4.69) is 17.2 Å². The molecule has 2 aromatic carbocycles. The second-order valence-corrected chi connectivity index (χ2v) is 10.5. The summed E-state index contributed by atoms with van der Waals surface area (Å²) in [6.45, 7) is 3.96. The third-order valence-corrected chi connectivity index (χ3v) is 7.90. The number of nitrogens with zero attached hydrogens (tertiary/aromatic N) is 2. The van der Waals surface area contributed by atoms with Gasteiger partial charge >= 0.3 is 0 Å². The van der Waals surface area contributed by atoms with Crippen LogP contribution in [-0.4, -0.2) is 36.7 Å². The van der Waals surface area contributed by atoms with Gasteiger partial charge in [0.2, 0.25) is 10.0 Å². The van der Waals surface area contributed by atoms with Crippen molar-refractivity contribution in [3.63, 3.8) is 0 Å². The number of carbonyl (C=O) groups excluding carboxylic acids is 1. The monoisotopic (exact) mass is 479 g/mol. The summed E-state index contributed by atoms with van der Waals surface area (Å²) in [5.74, 6) is 1.01. The lowest BCUT2D eigenvalue weighted by molar-refractivity contribution is 0.0951. The molecule has 1 N–H and O–H groups in total. The Labute approximate surface area is 200 Å². The molecule has 1 aromatic heterocycles. The molecule has 178 valence electrons. The van der Waals surface area contributed by atoms with Crippen LogP contribution in [-0.2, 0) is 23.2 Å². The summed E-state index contributed by atoms with van der Waals surface area (Å²) in [6.07, 6.45) is 3.47. The highest BCUT2D eigenvalue weighted by atomic mass is 32.2. The van der Waals surface area contributed by atoms with Crippen LogP contribution in [0.3, 0.4) is 0 Å². The number of rotatable bonds is 8. The van der Waals surface area contributed by atoms with E-state index in [1.54, 1.807) is 18.3 Å². The number of aromatic nitrogens is 1. The minimum Gasteiger partial charge on any atom is -0.487 e. The Morgan fingerprint density at radius 3 is 2.38 bits per heavy atom. The fourth-order valence-corrected chi connectivity index (χ4v) is 5.25. The third-order valence-electron chi connectivity index (χ3n) is 5.99. The highest BCUT2D eigenvalue weighted by Crippen LogP contribution is 2.23. The summed E-state index contributed by atoms with van der Waals surface area (Å²) in [5, 5.41) is 2.87. The van der Waals surface area contributed by atoms with Crippen molar-refractivity contribution in [1.82, 2.24) is 14.6 Å². The SMILES string of the molecule is CC1CCN(S(=O)(=O)c2ccc(C(=O)NCc3ccc(OCc4ccccn4)cc3)cc2)CC1. The Kier molecular flexibility index (Phi) is 7.59. The van der Waals surface area contributed by atoms with Crippen LogP contribution in [0.1, 0.15) is 41.4 Å². The van der Waals surface area contributed by atoms with Gasteiger partial charge < -0.3 is 10.1 Å². The van der Waals surface area contributed by atoms with E-state index in [4.69, 9.17) is 4.74 Å². The maximum atomic E-state index is 12.9. The number of piperidine rings is 1. The largest absolute Gasteiger partial charge is 0.487 e. The first-order valence-electron chi connectivity index (χ1n) is 11.4.